The molecule has 0 saturated carbocycles. The Hall–Kier alpha value is -0.210. The average Bonchev–Trinajstić information content (AvgIpc) is 2.44. The van der Waals surface area contributed by atoms with E-state index in [0.29, 0.717) is 26.4 Å². The minimum absolute atomic E-state index is 0.0370. The molecule has 0 spiro atoms. The number of alkyl halides is 1. The maximum Gasteiger partial charge on any atom is 0.231 e. The van der Waals surface area contributed by atoms with E-state index in [2.05, 4.69) is 21.2 Å². The fraction of sp³-hybridized carbons (Fsp3) is 0.923. The van der Waals surface area contributed by atoms with Crippen molar-refractivity contribution in [2.24, 2.45) is 0 Å². The minimum atomic E-state index is -0.221. The van der Waals surface area contributed by atoms with Gasteiger partial charge in [-0.25, -0.2) is 0 Å². The van der Waals surface area contributed by atoms with E-state index in [1.165, 1.54) is 0 Å². The van der Waals surface area contributed by atoms with Crippen LogP contribution in [0.5, 0.6) is 0 Å². The Kier molecular flexibility index (Phi) is 13.6. The molecule has 0 aliphatic heterocycles. The summed E-state index contributed by atoms with van der Waals surface area (Å²) in [6.07, 6.45) is 0.868. The van der Waals surface area contributed by atoms with Gasteiger partial charge in [-0.1, -0.05) is 15.9 Å². The third-order valence-corrected chi connectivity index (χ3v) is 3.01. The lowest BCUT2D eigenvalue weighted by Crippen LogP contribution is -2.43. The molecule has 1 amide bonds. The monoisotopic (exact) mass is 355 g/mol. The maximum absolute atomic E-state index is 11.4. The second-order valence-corrected chi connectivity index (χ2v) is 4.89. The summed E-state index contributed by atoms with van der Waals surface area (Å²) in [4.78, 5) is 11.4. The highest BCUT2D eigenvalue weighted by Crippen LogP contribution is 2.00. The second kappa shape index (κ2) is 13.8. The summed E-state index contributed by atoms with van der Waals surface area (Å²) < 4.78 is 16.2. The first-order valence-electron chi connectivity index (χ1n) is 6.87. The zero-order chi connectivity index (χ0) is 15.2. The van der Waals surface area contributed by atoms with Crippen LogP contribution < -0.4 is 5.32 Å². The summed E-state index contributed by atoms with van der Waals surface area (Å²) in [5, 5.41) is 11.7. The van der Waals surface area contributed by atoms with Gasteiger partial charge >= 0.3 is 0 Å². The molecule has 0 rings (SSSR count). The van der Waals surface area contributed by atoms with Gasteiger partial charge in [0.1, 0.15) is 0 Å². The van der Waals surface area contributed by atoms with Crippen molar-refractivity contribution in [3.05, 3.63) is 0 Å². The third-order valence-electron chi connectivity index (χ3n) is 2.50. The molecule has 0 aromatic carbocycles. The number of hydrogen-bond acceptors (Lipinski definition) is 5. The van der Waals surface area contributed by atoms with Gasteiger partial charge in [0.2, 0.25) is 5.91 Å². The number of halogens is 1. The third kappa shape index (κ3) is 11.6. The van der Waals surface area contributed by atoms with Gasteiger partial charge in [0.15, 0.2) is 0 Å². The fourth-order valence-electron chi connectivity index (χ4n) is 1.45. The fourth-order valence-corrected chi connectivity index (χ4v) is 1.61. The van der Waals surface area contributed by atoms with Crippen molar-refractivity contribution in [1.29, 1.82) is 0 Å². The Morgan fingerprint density at radius 1 is 1.30 bits per heavy atom. The predicted molar refractivity (Wildman–Crippen MR) is 80.2 cm³/mol. The molecular formula is C13H26BrNO5. The van der Waals surface area contributed by atoms with E-state index >= 15 is 0 Å². The van der Waals surface area contributed by atoms with Crippen molar-refractivity contribution >= 4 is 21.8 Å². The van der Waals surface area contributed by atoms with Crippen molar-refractivity contribution in [2.75, 3.05) is 45.0 Å². The van der Waals surface area contributed by atoms with Crippen LogP contribution in [-0.4, -0.2) is 68.1 Å². The molecule has 2 unspecified atom stereocenters. The van der Waals surface area contributed by atoms with E-state index < -0.39 is 0 Å². The molecule has 2 N–H and O–H groups in total. The molecule has 0 bridgehead atoms. The standard InChI is InChI=1S/C13H26BrNO5/c1-3-18-6-4-11(2)20-10-12(9-19-7-5-16)15-13(17)8-14/h11-12,16H,3-10H2,1-2H3,(H,15,17). The quantitative estimate of drug-likeness (QED) is 0.375. The van der Waals surface area contributed by atoms with Crippen molar-refractivity contribution in [3.63, 3.8) is 0 Å². The molecule has 0 radical (unpaired) electrons. The molecule has 6 nitrogen and oxygen atoms in total. The second-order valence-electron chi connectivity index (χ2n) is 4.33. The number of ether oxygens (including phenoxy) is 3. The van der Waals surface area contributed by atoms with Crippen LogP contribution in [0, 0.1) is 0 Å². The van der Waals surface area contributed by atoms with Crippen molar-refractivity contribution in [3.8, 4) is 0 Å². The highest BCUT2D eigenvalue weighted by atomic mass is 79.9. The molecule has 0 saturated heterocycles. The number of nitrogens with one attached hydrogen (secondary N) is 1. The average molecular weight is 356 g/mol. The largest absolute Gasteiger partial charge is 0.394 e. The highest BCUT2D eigenvalue weighted by molar-refractivity contribution is 9.09. The minimum Gasteiger partial charge on any atom is -0.394 e. The normalized spacial score (nSPS) is 14.0. The first-order valence-corrected chi connectivity index (χ1v) is 7.99. The zero-order valence-corrected chi connectivity index (χ0v) is 13.9. The Morgan fingerprint density at radius 2 is 2.05 bits per heavy atom. The molecule has 7 heteroatoms. The number of aliphatic hydroxyl groups excluding tert-OH is 1. The van der Waals surface area contributed by atoms with Crippen LogP contribution in [0.25, 0.3) is 0 Å². The van der Waals surface area contributed by atoms with E-state index in [1.807, 2.05) is 13.8 Å². The molecular weight excluding hydrogens is 330 g/mol. The van der Waals surface area contributed by atoms with E-state index in [9.17, 15) is 4.79 Å². The summed E-state index contributed by atoms with van der Waals surface area (Å²) in [6, 6.07) is -0.221. The van der Waals surface area contributed by atoms with Crippen molar-refractivity contribution in [1.82, 2.24) is 5.32 Å². The van der Waals surface area contributed by atoms with Gasteiger partial charge < -0.3 is 24.6 Å². The van der Waals surface area contributed by atoms with Crippen LogP contribution >= 0.6 is 15.9 Å². The van der Waals surface area contributed by atoms with E-state index in [1.54, 1.807) is 0 Å². The predicted octanol–water partition coefficient (Wildman–Crippen LogP) is 0.707. The molecule has 0 fully saturated rings. The van der Waals surface area contributed by atoms with E-state index in [0.717, 1.165) is 6.42 Å². The number of carbonyl (C=O) groups is 1. The van der Waals surface area contributed by atoms with Crippen molar-refractivity contribution < 1.29 is 24.1 Å². The maximum atomic E-state index is 11.4. The van der Waals surface area contributed by atoms with Crippen LogP contribution in [0.2, 0.25) is 0 Å². The Morgan fingerprint density at radius 3 is 2.65 bits per heavy atom. The lowest BCUT2D eigenvalue weighted by molar-refractivity contribution is -0.120. The van der Waals surface area contributed by atoms with Gasteiger partial charge in [0.05, 0.1) is 43.9 Å². The summed E-state index contributed by atoms with van der Waals surface area (Å²) in [5.74, 6) is -0.117. The first-order chi connectivity index (χ1) is 9.63. The van der Waals surface area contributed by atoms with Gasteiger partial charge in [-0.3, -0.25) is 4.79 Å². The van der Waals surface area contributed by atoms with Gasteiger partial charge in [-0.05, 0) is 20.3 Å². The smallest absolute Gasteiger partial charge is 0.231 e. The molecule has 0 aromatic rings. The van der Waals surface area contributed by atoms with Crippen LogP contribution in [0.1, 0.15) is 20.3 Å². The molecule has 0 aliphatic carbocycles. The molecule has 0 heterocycles. The number of amides is 1. The number of aliphatic hydroxyl groups is 1. The van der Waals surface area contributed by atoms with E-state index in [-0.39, 0.29) is 36.6 Å². The summed E-state index contributed by atoms with van der Waals surface area (Å²) in [6.45, 7) is 6.19. The Balaban J connectivity index is 3.96. The highest BCUT2D eigenvalue weighted by Gasteiger charge is 2.14. The summed E-state index contributed by atoms with van der Waals surface area (Å²) in [5.41, 5.74) is 0. The van der Waals surface area contributed by atoms with Gasteiger partial charge in [-0.15, -0.1) is 0 Å². The lowest BCUT2D eigenvalue weighted by Gasteiger charge is -2.21. The first kappa shape index (κ1) is 19.8. The van der Waals surface area contributed by atoms with Crippen LogP contribution in [-0.2, 0) is 19.0 Å². The van der Waals surface area contributed by atoms with Gasteiger partial charge in [0.25, 0.3) is 0 Å². The number of hydrogen-bond donors (Lipinski definition) is 2. The van der Waals surface area contributed by atoms with Gasteiger partial charge in [-0.2, -0.15) is 0 Å². The van der Waals surface area contributed by atoms with Crippen LogP contribution in [0.3, 0.4) is 0 Å². The van der Waals surface area contributed by atoms with Gasteiger partial charge in [0, 0.05) is 13.2 Å². The Labute approximate surface area is 129 Å². The zero-order valence-electron chi connectivity index (χ0n) is 12.3. The van der Waals surface area contributed by atoms with Crippen LogP contribution in [0.15, 0.2) is 0 Å². The van der Waals surface area contributed by atoms with Crippen molar-refractivity contribution in [2.45, 2.75) is 32.4 Å². The van der Waals surface area contributed by atoms with E-state index in [4.69, 9.17) is 19.3 Å². The molecule has 120 valence electrons. The van der Waals surface area contributed by atoms with Crippen LogP contribution in [0.4, 0.5) is 0 Å². The number of rotatable bonds is 13. The molecule has 20 heavy (non-hydrogen) atoms. The molecule has 0 aliphatic rings. The Bertz CT molecular complexity index is 243. The SMILES string of the molecule is CCOCCC(C)OCC(COCCO)NC(=O)CBr. The number of carbonyl (C=O) groups excluding carboxylic acids is 1. The summed E-state index contributed by atoms with van der Waals surface area (Å²) in [7, 11) is 0. The topological polar surface area (TPSA) is 77.0 Å². The lowest BCUT2D eigenvalue weighted by atomic mass is 10.3. The molecule has 2 atom stereocenters. The summed E-state index contributed by atoms with van der Waals surface area (Å²) >= 11 is 3.10. The molecule has 0 aromatic heterocycles.